The van der Waals surface area contributed by atoms with Gasteiger partial charge in [-0.1, -0.05) is 42.5 Å². The number of hydrogen-bond donors (Lipinski definition) is 0. The lowest BCUT2D eigenvalue weighted by molar-refractivity contribution is 0.0971. The quantitative estimate of drug-likeness (QED) is 0.354. The Morgan fingerprint density at radius 3 is 2.77 bits per heavy atom. The van der Waals surface area contributed by atoms with Crippen molar-refractivity contribution in [2.75, 3.05) is 4.90 Å². The number of benzene rings is 2. The summed E-state index contributed by atoms with van der Waals surface area (Å²) in [5.41, 5.74) is 2.70. The van der Waals surface area contributed by atoms with Crippen LogP contribution < -0.4 is 10.3 Å². The zero-order valence-electron chi connectivity index (χ0n) is 16.5. The molecule has 0 N–H and O–H groups in total. The molecule has 0 aliphatic carbocycles. The molecule has 0 saturated heterocycles. The number of anilines is 1. The summed E-state index contributed by atoms with van der Waals surface area (Å²) in [6.07, 6.45) is 0.931. The van der Waals surface area contributed by atoms with Crippen LogP contribution in [0.1, 0.15) is 39.5 Å². The van der Waals surface area contributed by atoms with Crippen LogP contribution in [-0.4, -0.2) is 10.9 Å². The zero-order chi connectivity index (χ0) is 21.1. The molecule has 1 atom stereocenters. The normalized spacial score (nSPS) is 15.8. The highest BCUT2D eigenvalue weighted by atomic mass is 32.1. The molecule has 4 heterocycles. The minimum Gasteiger partial charge on any atom is -0.450 e. The first-order valence-corrected chi connectivity index (χ1v) is 11.7. The first kappa shape index (κ1) is 18.5. The summed E-state index contributed by atoms with van der Waals surface area (Å²) in [7, 11) is 0. The lowest BCUT2D eigenvalue weighted by atomic mass is 10.0. The lowest BCUT2D eigenvalue weighted by Crippen LogP contribution is -2.28. The van der Waals surface area contributed by atoms with E-state index in [0.29, 0.717) is 21.7 Å². The summed E-state index contributed by atoms with van der Waals surface area (Å²) >= 11 is 2.98. The summed E-state index contributed by atoms with van der Waals surface area (Å²) in [5, 5.41) is 3.00. The molecule has 0 bridgehead atoms. The van der Waals surface area contributed by atoms with Crippen molar-refractivity contribution < 1.29 is 9.21 Å². The predicted octanol–water partition coefficient (Wildman–Crippen LogP) is 5.78. The molecule has 0 radical (unpaired) electrons. The van der Waals surface area contributed by atoms with Crippen LogP contribution in [-0.2, 0) is 6.42 Å². The molecule has 2 aromatic carbocycles. The Balaban J connectivity index is 1.61. The molecule has 1 amide bonds. The number of nitrogens with zero attached hydrogens (tertiary/aromatic N) is 2. The number of carbonyl (C=O) groups is 1. The Bertz CT molecular complexity index is 1530. The summed E-state index contributed by atoms with van der Waals surface area (Å²) < 4.78 is 7.00. The Morgan fingerprint density at radius 2 is 1.97 bits per heavy atom. The minimum absolute atomic E-state index is 0.107. The molecule has 1 aliphatic heterocycles. The number of carbonyl (C=O) groups excluding carboxylic acids is 1. The number of amides is 1. The van der Waals surface area contributed by atoms with Gasteiger partial charge in [-0.2, -0.15) is 0 Å². The van der Waals surface area contributed by atoms with E-state index in [1.54, 1.807) is 29.2 Å². The van der Waals surface area contributed by atoms with E-state index in [1.807, 2.05) is 23.6 Å². The molecule has 5 nitrogen and oxygen atoms in total. The lowest BCUT2D eigenvalue weighted by Gasteiger charge is -2.20. The third-order valence-electron chi connectivity index (χ3n) is 5.65. The maximum absolute atomic E-state index is 13.6. The van der Waals surface area contributed by atoms with Gasteiger partial charge >= 0.3 is 0 Å². The van der Waals surface area contributed by atoms with Crippen LogP contribution >= 0.6 is 22.7 Å². The van der Waals surface area contributed by atoms with Gasteiger partial charge in [-0.05, 0) is 47.7 Å². The van der Waals surface area contributed by atoms with E-state index >= 15 is 0 Å². The standard InChI is InChI=1S/C24H16N2O3S2/c1-2-13-9-10-15-18(12-13)31-24(25-15)26-20(17-8-5-11-30-17)19-21(27)14-6-3-4-7-16(14)29-22(19)23(26)28/h3-12,20H,2H2,1H3. The molecule has 152 valence electrons. The van der Waals surface area contributed by atoms with Crippen LogP contribution in [0.2, 0.25) is 0 Å². The fourth-order valence-corrected chi connectivity index (χ4v) is 5.99. The van der Waals surface area contributed by atoms with Crippen LogP contribution in [0.3, 0.4) is 0 Å². The van der Waals surface area contributed by atoms with E-state index in [4.69, 9.17) is 9.40 Å². The maximum atomic E-state index is 13.6. The Kier molecular flexibility index (Phi) is 4.09. The van der Waals surface area contributed by atoms with Gasteiger partial charge in [-0.25, -0.2) is 4.98 Å². The average Bonchev–Trinajstić information content (AvgIpc) is 3.51. The minimum atomic E-state index is -0.547. The van der Waals surface area contributed by atoms with E-state index in [2.05, 4.69) is 19.1 Å². The van der Waals surface area contributed by atoms with E-state index in [0.717, 1.165) is 21.5 Å². The third kappa shape index (κ3) is 2.70. The van der Waals surface area contributed by atoms with E-state index in [1.165, 1.54) is 28.2 Å². The summed E-state index contributed by atoms with van der Waals surface area (Å²) in [4.78, 5) is 34.3. The summed E-state index contributed by atoms with van der Waals surface area (Å²) in [6, 6.07) is 16.5. The second kappa shape index (κ2) is 6.87. The number of thiophene rings is 1. The van der Waals surface area contributed by atoms with Crippen molar-refractivity contribution in [3.05, 3.63) is 92.0 Å². The smallest absolute Gasteiger partial charge is 0.297 e. The van der Waals surface area contributed by atoms with E-state index in [9.17, 15) is 9.59 Å². The molecule has 6 rings (SSSR count). The van der Waals surface area contributed by atoms with Crippen molar-refractivity contribution >= 4 is 54.9 Å². The topological polar surface area (TPSA) is 63.4 Å². The zero-order valence-corrected chi connectivity index (χ0v) is 18.1. The number of aromatic nitrogens is 1. The third-order valence-corrected chi connectivity index (χ3v) is 7.59. The largest absolute Gasteiger partial charge is 0.450 e. The van der Waals surface area contributed by atoms with Gasteiger partial charge in [-0.3, -0.25) is 14.5 Å². The van der Waals surface area contributed by atoms with Crippen molar-refractivity contribution in [2.45, 2.75) is 19.4 Å². The number of fused-ring (bicyclic) bond motifs is 3. The van der Waals surface area contributed by atoms with Crippen molar-refractivity contribution in [3.8, 4) is 0 Å². The van der Waals surface area contributed by atoms with E-state index < -0.39 is 6.04 Å². The first-order valence-electron chi connectivity index (χ1n) is 9.98. The highest BCUT2D eigenvalue weighted by Crippen LogP contribution is 2.44. The molecule has 7 heteroatoms. The Labute approximate surface area is 185 Å². The SMILES string of the molecule is CCc1ccc2nc(N3C(=O)c4oc5ccccc5c(=O)c4C3c3cccs3)sc2c1. The van der Waals surface area contributed by atoms with Crippen LogP contribution in [0.25, 0.3) is 21.2 Å². The molecule has 3 aromatic heterocycles. The van der Waals surface area contributed by atoms with Crippen molar-refractivity contribution in [1.82, 2.24) is 4.98 Å². The first-order chi connectivity index (χ1) is 15.2. The summed E-state index contributed by atoms with van der Waals surface area (Å²) in [6.45, 7) is 2.11. The van der Waals surface area contributed by atoms with E-state index in [-0.39, 0.29) is 17.1 Å². The number of hydrogen-bond acceptors (Lipinski definition) is 6. The molecular weight excluding hydrogens is 428 g/mol. The highest BCUT2D eigenvalue weighted by Gasteiger charge is 2.45. The van der Waals surface area contributed by atoms with Crippen molar-refractivity contribution in [2.24, 2.45) is 0 Å². The maximum Gasteiger partial charge on any atom is 0.297 e. The molecule has 0 spiro atoms. The summed E-state index contributed by atoms with van der Waals surface area (Å²) in [5.74, 6) is -0.221. The monoisotopic (exact) mass is 444 g/mol. The fraction of sp³-hybridized carbons (Fsp3) is 0.125. The van der Waals surface area contributed by atoms with Crippen molar-refractivity contribution in [1.29, 1.82) is 0 Å². The fourth-order valence-electron chi connectivity index (χ4n) is 4.11. The van der Waals surface area contributed by atoms with Crippen LogP contribution in [0.4, 0.5) is 5.13 Å². The van der Waals surface area contributed by atoms with Gasteiger partial charge in [0.1, 0.15) is 11.6 Å². The van der Waals surface area contributed by atoms with Gasteiger partial charge in [0, 0.05) is 4.88 Å². The van der Waals surface area contributed by atoms with Gasteiger partial charge in [0.15, 0.2) is 10.6 Å². The predicted molar refractivity (Wildman–Crippen MR) is 124 cm³/mol. The number of thiazole rings is 1. The number of para-hydroxylation sites is 1. The molecule has 1 unspecified atom stereocenters. The Hall–Kier alpha value is -3.29. The van der Waals surface area contributed by atoms with Crippen LogP contribution in [0.5, 0.6) is 0 Å². The molecular formula is C24H16N2O3S2. The second-order valence-electron chi connectivity index (χ2n) is 7.42. The molecule has 5 aromatic rings. The highest BCUT2D eigenvalue weighted by molar-refractivity contribution is 7.22. The second-order valence-corrected chi connectivity index (χ2v) is 9.40. The van der Waals surface area contributed by atoms with Gasteiger partial charge in [-0.15, -0.1) is 11.3 Å². The van der Waals surface area contributed by atoms with Gasteiger partial charge < -0.3 is 4.42 Å². The van der Waals surface area contributed by atoms with Crippen LogP contribution in [0.15, 0.2) is 69.2 Å². The van der Waals surface area contributed by atoms with Gasteiger partial charge in [0.25, 0.3) is 5.91 Å². The Morgan fingerprint density at radius 1 is 1.10 bits per heavy atom. The molecule has 31 heavy (non-hydrogen) atoms. The average molecular weight is 445 g/mol. The van der Waals surface area contributed by atoms with Gasteiger partial charge in [0.05, 0.1) is 21.2 Å². The number of rotatable bonds is 3. The molecule has 0 fully saturated rings. The van der Waals surface area contributed by atoms with Gasteiger partial charge in [0.2, 0.25) is 5.76 Å². The van der Waals surface area contributed by atoms with Crippen molar-refractivity contribution in [3.63, 3.8) is 0 Å². The number of aryl methyl sites for hydroxylation is 1. The van der Waals surface area contributed by atoms with Crippen LogP contribution in [0, 0.1) is 0 Å². The molecule has 0 saturated carbocycles. The molecule has 1 aliphatic rings.